The Morgan fingerprint density at radius 3 is 2.73 bits per heavy atom. The minimum atomic E-state index is -0.474. The molecule has 22 heavy (non-hydrogen) atoms. The molecule has 1 fully saturated rings. The van der Waals surface area contributed by atoms with Gasteiger partial charge in [0.2, 0.25) is 0 Å². The van der Waals surface area contributed by atoms with Crippen molar-refractivity contribution >= 4 is 11.9 Å². The molecule has 0 N–H and O–H groups in total. The third-order valence-electron chi connectivity index (χ3n) is 3.73. The second kappa shape index (κ2) is 6.55. The summed E-state index contributed by atoms with van der Waals surface area (Å²) in [7, 11) is 3.96. The quantitative estimate of drug-likeness (QED) is 0.837. The molecule has 2 rings (SSSR count). The predicted molar refractivity (Wildman–Crippen MR) is 88.1 cm³/mol. The average Bonchev–Trinajstić information content (AvgIpc) is 2.45. The standard InChI is InChI=1S/C17H27N3O2/c1-17(2,3)22-16(21)20-12-7-6-10-14(20)13-9-8-11-18-15(13)19(4)5/h8-9,11,14H,6-7,10,12H2,1-5H3/t14-/m1/s1. The number of hydrogen-bond acceptors (Lipinski definition) is 4. The number of piperidine rings is 1. The van der Waals surface area contributed by atoms with Crippen LogP contribution in [0.4, 0.5) is 10.6 Å². The monoisotopic (exact) mass is 305 g/mol. The van der Waals surface area contributed by atoms with Crippen LogP contribution in [0.1, 0.15) is 51.6 Å². The summed E-state index contributed by atoms with van der Waals surface area (Å²) in [6, 6.07) is 4.04. The number of amides is 1. The van der Waals surface area contributed by atoms with Crippen LogP contribution in [-0.4, -0.2) is 42.2 Å². The molecule has 1 aliphatic heterocycles. The van der Waals surface area contributed by atoms with Crippen molar-refractivity contribution in [3.05, 3.63) is 23.9 Å². The molecule has 1 atom stereocenters. The van der Waals surface area contributed by atoms with Gasteiger partial charge >= 0.3 is 6.09 Å². The van der Waals surface area contributed by atoms with E-state index in [0.29, 0.717) is 0 Å². The van der Waals surface area contributed by atoms with Crippen LogP contribution in [0, 0.1) is 0 Å². The van der Waals surface area contributed by atoms with Crippen molar-refractivity contribution in [3.8, 4) is 0 Å². The fourth-order valence-corrected chi connectivity index (χ4v) is 2.84. The zero-order chi connectivity index (χ0) is 16.3. The first-order chi connectivity index (χ1) is 10.3. The second-order valence-corrected chi connectivity index (χ2v) is 7.00. The van der Waals surface area contributed by atoms with Crippen LogP contribution in [0.15, 0.2) is 18.3 Å². The second-order valence-electron chi connectivity index (χ2n) is 7.00. The number of aromatic nitrogens is 1. The number of pyridine rings is 1. The summed E-state index contributed by atoms with van der Waals surface area (Å²) >= 11 is 0. The highest BCUT2D eigenvalue weighted by Gasteiger charge is 2.33. The molecule has 0 aromatic carbocycles. The molecule has 2 heterocycles. The molecule has 0 unspecified atom stereocenters. The molecule has 1 amide bonds. The van der Waals surface area contributed by atoms with Crippen LogP contribution in [0.2, 0.25) is 0 Å². The summed E-state index contributed by atoms with van der Waals surface area (Å²) in [5.74, 6) is 0.919. The van der Waals surface area contributed by atoms with E-state index in [1.54, 1.807) is 6.20 Å². The van der Waals surface area contributed by atoms with Crippen LogP contribution in [0.3, 0.4) is 0 Å². The van der Waals surface area contributed by atoms with Gasteiger partial charge in [0.15, 0.2) is 0 Å². The van der Waals surface area contributed by atoms with Crippen LogP contribution in [0.25, 0.3) is 0 Å². The van der Waals surface area contributed by atoms with E-state index < -0.39 is 5.60 Å². The lowest BCUT2D eigenvalue weighted by molar-refractivity contribution is 0.00955. The molecule has 0 radical (unpaired) electrons. The normalized spacial score (nSPS) is 19.0. The first kappa shape index (κ1) is 16.6. The van der Waals surface area contributed by atoms with E-state index in [0.717, 1.165) is 37.2 Å². The molecule has 1 saturated heterocycles. The van der Waals surface area contributed by atoms with Gasteiger partial charge in [-0.1, -0.05) is 6.07 Å². The smallest absolute Gasteiger partial charge is 0.410 e. The SMILES string of the molecule is CN(C)c1ncccc1[C@H]1CCCCN1C(=O)OC(C)(C)C. The van der Waals surface area contributed by atoms with Gasteiger partial charge in [0, 0.05) is 32.4 Å². The summed E-state index contributed by atoms with van der Waals surface area (Å²) < 4.78 is 5.58. The number of hydrogen-bond donors (Lipinski definition) is 0. The number of nitrogens with zero attached hydrogens (tertiary/aromatic N) is 3. The average molecular weight is 305 g/mol. The molecular weight excluding hydrogens is 278 g/mol. The topological polar surface area (TPSA) is 45.7 Å². The van der Waals surface area contributed by atoms with E-state index >= 15 is 0 Å². The third kappa shape index (κ3) is 3.90. The van der Waals surface area contributed by atoms with Gasteiger partial charge in [-0.3, -0.25) is 0 Å². The van der Waals surface area contributed by atoms with E-state index in [1.165, 1.54) is 0 Å². The lowest BCUT2D eigenvalue weighted by atomic mass is 9.96. The minimum Gasteiger partial charge on any atom is -0.444 e. The largest absolute Gasteiger partial charge is 0.444 e. The highest BCUT2D eigenvalue weighted by atomic mass is 16.6. The third-order valence-corrected chi connectivity index (χ3v) is 3.73. The van der Waals surface area contributed by atoms with Gasteiger partial charge in [0.05, 0.1) is 6.04 Å². The van der Waals surface area contributed by atoms with Crippen molar-refractivity contribution in [3.63, 3.8) is 0 Å². The van der Waals surface area contributed by atoms with Gasteiger partial charge in [-0.25, -0.2) is 9.78 Å². The lowest BCUT2D eigenvalue weighted by Gasteiger charge is -2.38. The van der Waals surface area contributed by atoms with Gasteiger partial charge in [0.25, 0.3) is 0 Å². The molecule has 5 nitrogen and oxygen atoms in total. The molecule has 0 bridgehead atoms. The first-order valence-electron chi connectivity index (χ1n) is 7.91. The van der Waals surface area contributed by atoms with Crippen molar-refractivity contribution < 1.29 is 9.53 Å². The maximum atomic E-state index is 12.5. The van der Waals surface area contributed by atoms with Crippen molar-refractivity contribution in [1.82, 2.24) is 9.88 Å². The van der Waals surface area contributed by atoms with Crippen molar-refractivity contribution in [2.45, 2.75) is 51.7 Å². The fraction of sp³-hybridized carbons (Fsp3) is 0.647. The number of anilines is 1. The van der Waals surface area contributed by atoms with Crippen LogP contribution in [0.5, 0.6) is 0 Å². The maximum Gasteiger partial charge on any atom is 0.410 e. The summed E-state index contributed by atoms with van der Waals surface area (Å²) in [5.41, 5.74) is 0.622. The first-order valence-corrected chi connectivity index (χ1v) is 7.91. The van der Waals surface area contributed by atoms with Gasteiger partial charge in [-0.15, -0.1) is 0 Å². The molecule has 122 valence electrons. The van der Waals surface area contributed by atoms with E-state index in [-0.39, 0.29) is 12.1 Å². The maximum absolute atomic E-state index is 12.5. The summed E-state index contributed by atoms with van der Waals surface area (Å²) in [6.45, 7) is 6.44. The minimum absolute atomic E-state index is 0.0368. The Bertz CT molecular complexity index is 523. The number of carbonyl (C=O) groups is 1. The zero-order valence-electron chi connectivity index (χ0n) is 14.3. The zero-order valence-corrected chi connectivity index (χ0v) is 14.3. The fourth-order valence-electron chi connectivity index (χ4n) is 2.84. The molecule has 1 aromatic rings. The molecule has 0 spiro atoms. The van der Waals surface area contributed by atoms with E-state index in [9.17, 15) is 4.79 Å². The number of likely N-dealkylation sites (tertiary alicyclic amines) is 1. The van der Waals surface area contributed by atoms with Crippen LogP contribution >= 0.6 is 0 Å². The van der Waals surface area contributed by atoms with Crippen LogP contribution < -0.4 is 4.90 Å². The highest BCUT2D eigenvalue weighted by molar-refractivity contribution is 5.69. The van der Waals surface area contributed by atoms with Gasteiger partial charge in [0.1, 0.15) is 11.4 Å². The Kier molecular flexibility index (Phi) is 4.94. The van der Waals surface area contributed by atoms with E-state index in [4.69, 9.17) is 4.74 Å². The van der Waals surface area contributed by atoms with Crippen molar-refractivity contribution in [2.75, 3.05) is 25.5 Å². The number of carbonyl (C=O) groups excluding carboxylic acids is 1. The molecule has 0 saturated carbocycles. The Morgan fingerprint density at radius 1 is 1.36 bits per heavy atom. The predicted octanol–water partition coefficient (Wildman–Crippen LogP) is 3.61. The Balaban J connectivity index is 2.29. The van der Waals surface area contributed by atoms with Gasteiger partial charge < -0.3 is 14.5 Å². The Hall–Kier alpha value is -1.78. The highest BCUT2D eigenvalue weighted by Crippen LogP contribution is 2.35. The number of rotatable bonds is 2. The van der Waals surface area contributed by atoms with Gasteiger partial charge in [-0.05, 0) is 46.1 Å². The summed E-state index contributed by atoms with van der Waals surface area (Å²) in [5, 5.41) is 0. The molecule has 1 aromatic heterocycles. The van der Waals surface area contributed by atoms with E-state index in [2.05, 4.69) is 11.1 Å². The molecular formula is C17H27N3O2. The van der Waals surface area contributed by atoms with Crippen LogP contribution in [-0.2, 0) is 4.74 Å². The van der Waals surface area contributed by atoms with Gasteiger partial charge in [-0.2, -0.15) is 0 Å². The number of ether oxygens (including phenoxy) is 1. The summed E-state index contributed by atoms with van der Waals surface area (Å²) in [4.78, 5) is 20.9. The molecule has 1 aliphatic rings. The molecule has 0 aliphatic carbocycles. The summed E-state index contributed by atoms with van der Waals surface area (Å²) in [6.07, 6.45) is 4.65. The van der Waals surface area contributed by atoms with Crippen molar-refractivity contribution in [1.29, 1.82) is 0 Å². The van der Waals surface area contributed by atoms with E-state index in [1.807, 2.05) is 50.7 Å². The Labute approximate surface area is 133 Å². The lowest BCUT2D eigenvalue weighted by Crippen LogP contribution is -2.42. The Morgan fingerprint density at radius 2 is 2.09 bits per heavy atom. The van der Waals surface area contributed by atoms with Crippen molar-refractivity contribution in [2.24, 2.45) is 0 Å². The molecule has 5 heteroatoms.